The van der Waals surface area contributed by atoms with Crippen LogP contribution in [0.5, 0.6) is 0 Å². The van der Waals surface area contributed by atoms with Crippen molar-refractivity contribution in [1.29, 1.82) is 0 Å². The summed E-state index contributed by atoms with van der Waals surface area (Å²) >= 11 is 0. The summed E-state index contributed by atoms with van der Waals surface area (Å²) in [5, 5.41) is 3.05. The summed E-state index contributed by atoms with van der Waals surface area (Å²) in [5.41, 5.74) is 6.52. The number of nitrogens with zero attached hydrogens (tertiary/aromatic N) is 1. The van der Waals surface area contributed by atoms with Gasteiger partial charge in [0.1, 0.15) is 0 Å². The van der Waals surface area contributed by atoms with Crippen LogP contribution in [0, 0.1) is 0 Å². The Balaban J connectivity index is 0. The maximum Gasteiger partial charge on any atom is 0.170 e. The molecule has 0 radical (unpaired) electrons. The monoisotopic (exact) mass is 312 g/mol. The van der Waals surface area contributed by atoms with E-state index < -0.39 is 0 Å². The lowest BCUT2D eigenvalue weighted by atomic mass is 10.4. The molecule has 1 rings (SSSR count). The Labute approximate surface area is 99.9 Å². The Bertz CT molecular complexity index is 213. The summed E-state index contributed by atoms with van der Waals surface area (Å²) in [5.74, 6) is 0. The third-order valence-electron chi connectivity index (χ3n) is 1.57. The van der Waals surface area contributed by atoms with Crippen LogP contribution in [-0.2, 0) is 6.54 Å². The summed E-state index contributed by atoms with van der Waals surface area (Å²) in [4.78, 5) is 0. The molecule has 0 aliphatic carbocycles. The standard InChI is InChI=1S/C8H13N3.2BrH/c1-10-8-2-5-11(6-3-8)7-4-9;;/h2-3,5-6H,4,7,9H2,1H3;2*1H/p+1. The number of nitrogens with two attached hydrogens (primary N) is 1. The van der Waals surface area contributed by atoms with Gasteiger partial charge in [-0.3, -0.25) is 0 Å². The zero-order valence-corrected chi connectivity index (χ0v) is 11.0. The zero-order chi connectivity index (χ0) is 8.10. The first kappa shape index (κ1) is 15.3. The van der Waals surface area contributed by atoms with Crippen LogP contribution in [0.4, 0.5) is 5.69 Å². The van der Waals surface area contributed by atoms with E-state index in [1.807, 2.05) is 31.6 Å². The number of pyridine rings is 1. The van der Waals surface area contributed by atoms with E-state index in [4.69, 9.17) is 5.73 Å². The van der Waals surface area contributed by atoms with Crippen molar-refractivity contribution in [3.63, 3.8) is 0 Å². The van der Waals surface area contributed by atoms with E-state index in [0.717, 1.165) is 12.2 Å². The number of anilines is 1. The first-order chi connectivity index (χ1) is 5.36. The van der Waals surface area contributed by atoms with Crippen molar-refractivity contribution in [1.82, 2.24) is 0 Å². The second-order valence-corrected chi connectivity index (χ2v) is 2.36. The van der Waals surface area contributed by atoms with Gasteiger partial charge in [-0.25, -0.2) is 4.57 Å². The van der Waals surface area contributed by atoms with Crippen LogP contribution in [0.2, 0.25) is 0 Å². The fourth-order valence-corrected chi connectivity index (χ4v) is 0.922. The van der Waals surface area contributed by atoms with E-state index in [0.29, 0.717) is 6.54 Å². The Kier molecular flexibility index (Phi) is 10.00. The first-order valence-corrected chi connectivity index (χ1v) is 3.73. The summed E-state index contributed by atoms with van der Waals surface area (Å²) in [6.07, 6.45) is 4.03. The molecule has 0 amide bonds. The lowest BCUT2D eigenvalue weighted by Gasteiger charge is -1.97. The Morgan fingerprint density at radius 3 is 2.23 bits per heavy atom. The summed E-state index contributed by atoms with van der Waals surface area (Å²) in [7, 11) is 1.91. The highest BCUT2D eigenvalue weighted by atomic mass is 79.9. The van der Waals surface area contributed by atoms with E-state index in [1.165, 1.54) is 0 Å². The van der Waals surface area contributed by atoms with Gasteiger partial charge in [0, 0.05) is 24.9 Å². The third-order valence-corrected chi connectivity index (χ3v) is 1.57. The molecule has 0 spiro atoms. The number of hydrogen-bond donors (Lipinski definition) is 2. The minimum atomic E-state index is 0. The predicted octanol–water partition coefficient (Wildman–Crippen LogP) is 1.13. The molecular weight excluding hydrogens is 298 g/mol. The van der Waals surface area contributed by atoms with E-state index >= 15 is 0 Å². The van der Waals surface area contributed by atoms with Crippen molar-refractivity contribution in [3.05, 3.63) is 24.5 Å². The van der Waals surface area contributed by atoms with Crippen molar-refractivity contribution in [3.8, 4) is 0 Å². The summed E-state index contributed by atoms with van der Waals surface area (Å²) < 4.78 is 2.06. The zero-order valence-electron chi connectivity index (χ0n) is 7.56. The fourth-order valence-electron chi connectivity index (χ4n) is 0.922. The van der Waals surface area contributed by atoms with Crippen molar-refractivity contribution < 1.29 is 4.57 Å². The van der Waals surface area contributed by atoms with Crippen molar-refractivity contribution in [2.45, 2.75) is 6.54 Å². The summed E-state index contributed by atoms with van der Waals surface area (Å²) in [6, 6.07) is 4.05. The maximum absolute atomic E-state index is 5.39. The van der Waals surface area contributed by atoms with Crippen molar-refractivity contribution in [2.24, 2.45) is 5.73 Å². The SMILES string of the molecule is Br.Br.CNc1cc[n+](CCN)cc1. The molecule has 0 aromatic carbocycles. The number of halogens is 2. The molecule has 76 valence electrons. The topological polar surface area (TPSA) is 41.9 Å². The molecule has 1 aromatic heterocycles. The highest BCUT2D eigenvalue weighted by Gasteiger charge is 1.96. The molecule has 0 aliphatic heterocycles. The molecule has 0 saturated carbocycles. The fraction of sp³-hybridized carbons (Fsp3) is 0.375. The van der Waals surface area contributed by atoms with Crippen LogP contribution in [0.25, 0.3) is 0 Å². The van der Waals surface area contributed by atoms with Gasteiger partial charge in [-0.1, -0.05) is 0 Å². The smallest absolute Gasteiger partial charge is 0.170 e. The van der Waals surface area contributed by atoms with Crippen molar-refractivity contribution >= 4 is 39.7 Å². The van der Waals surface area contributed by atoms with Gasteiger partial charge in [0.15, 0.2) is 18.9 Å². The molecule has 3 N–H and O–H groups in total. The van der Waals surface area contributed by atoms with Gasteiger partial charge < -0.3 is 11.1 Å². The lowest BCUT2D eigenvalue weighted by molar-refractivity contribution is -0.694. The van der Waals surface area contributed by atoms with Crippen LogP contribution in [0.15, 0.2) is 24.5 Å². The molecule has 0 fully saturated rings. The van der Waals surface area contributed by atoms with Crippen LogP contribution in [-0.4, -0.2) is 13.6 Å². The molecule has 13 heavy (non-hydrogen) atoms. The first-order valence-electron chi connectivity index (χ1n) is 3.73. The van der Waals surface area contributed by atoms with Crippen LogP contribution >= 0.6 is 34.0 Å². The molecular formula is C8H16Br2N3+. The minimum absolute atomic E-state index is 0. The van der Waals surface area contributed by atoms with E-state index in [1.54, 1.807) is 0 Å². The van der Waals surface area contributed by atoms with Gasteiger partial charge in [-0.15, -0.1) is 34.0 Å². The largest absolute Gasteiger partial charge is 0.388 e. The average Bonchev–Trinajstić information content (AvgIpc) is 2.07. The highest BCUT2D eigenvalue weighted by Crippen LogP contribution is 1.98. The van der Waals surface area contributed by atoms with E-state index in [2.05, 4.69) is 9.88 Å². The minimum Gasteiger partial charge on any atom is -0.388 e. The Morgan fingerprint density at radius 2 is 1.85 bits per heavy atom. The summed E-state index contributed by atoms with van der Waals surface area (Å²) in [6.45, 7) is 1.56. The highest BCUT2D eigenvalue weighted by molar-refractivity contribution is 8.93. The van der Waals surface area contributed by atoms with Gasteiger partial charge in [-0.2, -0.15) is 0 Å². The molecule has 3 nitrogen and oxygen atoms in total. The molecule has 1 heterocycles. The molecule has 0 unspecified atom stereocenters. The van der Waals surface area contributed by atoms with Crippen LogP contribution < -0.4 is 15.6 Å². The Morgan fingerprint density at radius 1 is 1.31 bits per heavy atom. The number of hydrogen-bond acceptors (Lipinski definition) is 2. The third kappa shape index (κ3) is 5.23. The van der Waals surface area contributed by atoms with Gasteiger partial charge >= 0.3 is 0 Å². The molecule has 0 atom stereocenters. The van der Waals surface area contributed by atoms with Crippen molar-refractivity contribution in [2.75, 3.05) is 18.9 Å². The van der Waals surface area contributed by atoms with Gasteiger partial charge in [-0.05, 0) is 0 Å². The molecule has 1 aromatic rings. The Hall–Kier alpha value is -0.130. The second-order valence-electron chi connectivity index (χ2n) is 2.36. The number of rotatable bonds is 3. The quantitative estimate of drug-likeness (QED) is 0.822. The normalized spacial score (nSPS) is 8.15. The van der Waals surface area contributed by atoms with E-state index in [9.17, 15) is 0 Å². The van der Waals surface area contributed by atoms with Gasteiger partial charge in [0.25, 0.3) is 0 Å². The lowest BCUT2D eigenvalue weighted by Crippen LogP contribution is -2.36. The van der Waals surface area contributed by atoms with E-state index in [-0.39, 0.29) is 34.0 Å². The molecule has 0 aliphatic rings. The van der Waals surface area contributed by atoms with Gasteiger partial charge in [0.05, 0.1) is 6.54 Å². The number of aromatic nitrogens is 1. The molecule has 5 heteroatoms. The van der Waals surface area contributed by atoms with Crippen LogP contribution in [0.3, 0.4) is 0 Å². The van der Waals surface area contributed by atoms with Gasteiger partial charge in [0.2, 0.25) is 0 Å². The van der Waals surface area contributed by atoms with Crippen LogP contribution in [0.1, 0.15) is 0 Å². The average molecular weight is 314 g/mol. The predicted molar refractivity (Wildman–Crippen MR) is 65.9 cm³/mol. The maximum atomic E-state index is 5.39. The molecule has 0 bridgehead atoms. The molecule has 0 saturated heterocycles. The second kappa shape index (κ2) is 8.47. The number of nitrogens with one attached hydrogen (secondary N) is 1.